The molecular formula is C16H23Cl3N2O3. The van der Waals surface area contributed by atoms with Gasteiger partial charge >= 0.3 is 0 Å². The Kier molecular flexibility index (Phi) is 9.78. The van der Waals surface area contributed by atoms with Gasteiger partial charge in [0.15, 0.2) is 6.61 Å². The van der Waals surface area contributed by atoms with Crippen molar-refractivity contribution in [2.75, 3.05) is 32.8 Å². The van der Waals surface area contributed by atoms with Crippen LogP contribution in [0.25, 0.3) is 0 Å². The number of carbonyl (C=O) groups excluding carboxylic acids is 1. The minimum absolute atomic E-state index is 0. The van der Waals surface area contributed by atoms with E-state index in [-0.39, 0.29) is 31.0 Å². The monoisotopic (exact) mass is 396 g/mol. The molecule has 1 amide bonds. The van der Waals surface area contributed by atoms with Crippen LogP contribution in [-0.2, 0) is 9.53 Å². The zero-order chi connectivity index (χ0) is 16.7. The maximum atomic E-state index is 12.2. The van der Waals surface area contributed by atoms with Crippen LogP contribution in [0.2, 0.25) is 10.0 Å². The van der Waals surface area contributed by atoms with Crippen molar-refractivity contribution < 1.29 is 14.3 Å². The van der Waals surface area contributed by atoms with Crippen LogP contribution in [-0.4, -0.2) is 49.8 Å². The van der Waals surface area contributed by atoms with Gasteiger partial charge in [0.05, 0.1) is 11.1 Å². The van der Waals surface area contributed by atoms with Crippen molar-refractivity contribution in [3.05, 3.63) is 28.2 Å². The second-order valence-electron chi connectivity index (χ2n) is 5.46. The lowest BCUT2D eigenvalue weighted by Gasteiger charge is -2.32. The number of rotatable bonds is 7. The summed E-state index contributed by atoms with van der Waals surface area (Å²) in [4.78, 5) is 14.0. The number of nitrogens with zero attached hydrogens (tertiary/aromatic N) is 1. The normalized spacial score (nSPS) is 15.0. The second-order valence-corrected chi connectivity index (χ2v) is 6.30. The smallest absolute Gasteiger partial charge is 0.260 e. The lowest BCUT2D eigenvalue weighted by Crippen LogP contribution is -2.43. The summed E-state index contributed by atoms with van der Waals surface area (Å²) in [6, 6.07) is 4.93. The molecule has 0 aromatic heterocycles. The Hall–Kier alpha value is -0.720. The number of ether oxygens (including phenoxy) is 2. The number of benzene rings is 1. The van der Waals surface area contributed by atoms with Crippen LogP contribution < -0.4 is 10.5 Å². The first-order valence-corrected chi connectivity index (χ1v) is 8.53. The summed E-state index contributed by atoms with van der Waals surface area (Å²) in [5.41, 5.74) is 5.44. The molecule has 136 valence electrons. The van der Waals surface area contributed by atoms with E-state index in [1.807, 2.05) is 0 Å². The highest BCUT2D eigenvalue weighted by Gasteiger charge is 2.23. The Morgan fingerprint density at radius 3 is 2.62 bits per heavy atom. The van der Waals surface area contributed by atoms with Crippen molar-refractivity contribution in [3.63, 3.8) is 0 Å². The molecule has 0 radical (unpaired) electrons. The number of halogens is 3. The van der Waals surface area contributed by atoms with Crippen molar-refractivity contribution >= 4 is 41.5 Å². The first-order valence-electron chi connectivity index (χ1n) is 7.77. The van der Waals surface area contributed by atoms with Gasteiger partial charge in [-0.15, -0.1) is 12.4 Å². The fourth-order valence-electron chi connectivity index (χ4n) is 2.43. The lowest BCUT2D eigenvalue weighted by molar-refractivity contribution is -0.136. The van der Waals surface area contributed by atoms with Gasteiger partial charge in [0.1, 0.15) is 5.75 Å². The van der Waals surface area contributed by atoms with E-state index in [2.05, 4.69) is 0 Å². The van der Waals surface area contributed by atoms with Gasteiger partial charge in [-0.2, -0.15) is 0 Å². The van der Waals surface area contributed by atoms with E-state index in [0.29, 0.717) is 42.0 Å². The first-order chi connectivity index (χ1) is 11.1. The van der Waals surface area contributed by atoms with Gasteiger partial charge in [-0.3, -0.25) is 4.79 Å². The zero-order valence-electron chi connectivity index (χ0n) is 13.4. The molecule has 0 unspecified atom stereocenters. The van der Waals surface area contributed by atoms with E-state index in [4.69, 9.17) is 38.4 Å². The maximum Gasteiger partial charge on any atom is 0.260 e. The molecule has 0 aliphatic carbocycles. The Morgan fingerprint density at radius 2 is 2.00 bits per heavy atom. The van der Waals surface area contributed by atoms with Crippen molar-refractivity contribution in [2.24, 2.45) is 5.73 Å². The summed E-state index contributed by atoms with van der Waals surface area (Å²) in [6.45, 7) is 2.67. The molecule has 1 saturated heterocycles. The molecule has 1 aromatic rings. The molecule has 1 aromatic carbocycles. The van der Waals surface area contributed by atoms with Crippen LogP contribution in [0, 0.1) is 0 Å². The third-order valence-corrected chi connectivity index (χ3v) is 4.27. The molecule has 8 heteroatoms. The van der Waals surface area contributed by atoms with Crippen molar-refractivity contribution in [3.8, 4) is 5.75 Å². The van der Waals surface area contributed by atoms with Crippen LogP contribution in [0.3, 0.4) is 0 Å². The Balaban J connectivity index is 0.00000288. The molecular weight excluding hydrogens is 375 g/mol. The summed E-state index contributed by atoms with van der Waals surface area (Å²) in [7, 11) is 0. The number of hydrogen-bond acceptors (Lipinski definition) is 4. The molecule has 1 aliphatic rings. The highest BCUT2D eigenvalue weighted by atomic mass is 35.5. The summed E-state index contributed by atoms with van der Waals surface area (Å²) in [5.74, 6) is 0.417. The minimum Gasteiger partial charge on any atom is -0.482 e. The topological polar surface area (TPSA) is 64.8 Å². The van der Waals surface area contributed by atoms with Gasteiger partial charge in [0.25, 0.3) is 5.91 Å². The fourth-order valence-corrected chi connectivity index (χ4v) is 2.89. The molecule has 24 heavy (non-hydrogen) atoms. The van der Waals surface area contributed by atoms with Gasteiger partial charge in [-0.1, -0.05) is 23.2 Å². The molecule has 0 saturated carbocycles. The van der Waals surface area contributed by atoms with Crippen LogP contribution >= 0.6 is 35.6 Å². The van der Waals surface area contributed by atoms with Crippen LogP contribution in [0.5, 0.6) is 5.75 Å². The van der Waals surface area contributed by atoms with E-state index >= 15 is 0 Å². The standard InChI is InChI=1S/C16H22Cl2N2O3.ClH/c17-12-2-3-15(14(18)10-12)23-11-16(21)20-7-4-13(5-8-20)22-9-1-6-19;/h2-3,10,13H,1,4-9,11,19H2;1H. The quantitative estimate of drug-likeness (QED) is 0.718. The molecule has 1 heterocycles. The van der Waals surface area contributed by atoms with Gasteiger partial charge < -0.3 is 20.1 Å². The van der Waals surface area contributed by atoms with Crippen LogP contribution in [0.1, 0.15) is 19.3 Å². The average molecular weight is 398 g/mol. The number of piperidine rings is 1. The van der Waals surface area contributed by atoms with Gasteiger partial charge in [0.2, 0.25) is 0 Å². The predicted octanol–water partition coefficient (Wildman–Crippen LogP) is 3.15. The van der Waals surface area contributed by atoms with Gasteiger partial charge in [-0.05, 0) is 44.0 Å². The lowest BCUT2D eigenvalue weighted by atomic mass is 10.1. The van der Waals surface area contributed by atoms with E-state index < -0.39 is 0 Å². The fraction of sp³-hybridized carbons (Fsp3) is 0.562. The molecule has 0 spiro atoms. The molecule has 0 bridgehead atoms. The van der Waals surface area contributed by atoms with Gasteiger partial charge in [-0.25, -0.2) is 0 Å². The Bertz CT molecular complexity index is 523. The third kappa shape index (κ3) is 6.65. The van der Waals surface area contributed by atoms with Crippen LogP contribution in [0.4, 0.5) is 0 Å². The zero-order valence-corrected chi connectivity index (χ0v) is 15.7. The predicted molar refractivity (Wildman–Crippen MR) is 98.4 cm³/mol. The molecule has 1 fully saturated rings. The number of likely N-dealkylation sites (tertiary alicyclic amines) is 1. The van der Waals surface area contributed by atoms with Gasteiger partial charge in [0, 0.05) is 24.7 Å². The van der Waals surface area contributed by atoms with Crippen molar-refractivity contribution in [2.45, 2.75) is 25.4 Å². The maximum absolute atomic E-state index is 12.2. The molecule has 1 aliphatic heterocycles. The number of hydrogen-bond donors (Lipinski definition) is 1. The second kappa shape index (κ2) is 11.0. The summed E-state index contributed by atoms with van der Waals surface area (Å²) >= 11 is 11.8. The third-order valence-electron chi connectivity index (χ3n) is 3.74. The van der Waals surface area contributed by atoms with E-state index in [1.165, 1.54) is 0 Å². The SMILES string of the molecule is Cl.NCCCOC1CCN(C(=O)COc2ccc(Cl)cc2Cl)CC1. The highest BCUT2D eigenvalue weighted by Crippen LogP contribution is 2.27. The van der Waals surface area contributed by atoms with Crippen molar-refractivity contribution in [1.29, 1.82) is 0 Å². The largest absolute Gasteiger partial charge is 0.482 e. The molecule has 2 rings (SSSR count). The summed E-state index contributed by atoms with van der Waals surface area (Å²) in [6.07, 6.45) is 2.78. The average Bonchev–Trinajstić information content (AvgIpc) is 2.55. The Labute approximate surface area is 158 Å². The summed E-state index contributed by atoms with van der Waals surface area (Å²) in [5, 5.41) is 0.933. The molecule has 2 N–H and O–H groups in total. The molecule has 5 nitrogen and oxygen atoms in total. The first kappa shape index (κ1) is 21.3. The van der Waals surface area contributed by atoms with E-state index in [1.54, 1.807) is 23.1 Å². The Morgan fingerprint density at radius 1 is 1.29 bits per heavy atom. The van der Waals surface area contributed by atoms with Crippen LogP contribution in [0.15, 0.2) is 18.2 Å². The number of nitrogens with two attached hydrogens (primary N) is 1. The highest BCUT2D eigenvalue weighted by molar-refractivity contribution is 6.35. The minimum atomic E-state index is -0.0450. The van der Waals surface area contributed by atoms with Crippen molar-refractivity contribution in [1.82, 2.24) is 4.90 Å². The van der Waals surface area contributed by atoms with E-state index in [0.717, 1.165) is 19.3 Å². The van der Waals surface area contributed by atoms with E-state index in [9.17, 15) is 4.79 Å². The number of carbonyl (C=O) groups is 1. The number of amides is 1. The molecule has 0 atom stereocenters. The summed E-state index contributed by atoms with van der Waals surface area (Å²) < 4.78 is 11.2.